The minimum Gasteiger partial charge on any atom is -0.389 e. The summed E-state index contributed by atoms with van der Waals surface area (Å²) in [5.74, 6) is -1.01. The molecule has 4 N–H and O–H groups in total. The van der Waals surface area contributed by atoms with Gasteiger partial charge in [-0.3, -0.25) is 4.79 Å². The first-order valence-electron chi connectivity index (χ1n) is 8.85. The lowest BCUT2D eigenvalue weighted by molar-refractivity contribution is -0.114. The molecular formula is C18H26FN3O4. The molecule has 3 amide bonds. The van der Waals surface area contributed by atoms with Gasteiger partial charge in [0.25, 0.3) is 0 Å². The second-order valence-corrected chi connectivity index (χ2v) is 6.46. The van der Waals surface area contributed by atoms with E-state index in [0.717, 1.165) is 31.7 Å². The molecule has 1 atom stereocenters. The van der Waals surface area contributed by atoms with Crippen molar-refractivity contribution in [2.75, 3.05) is 23.8 Å². The van der Waals surface area contributed by atoms with E-state index in [-0.39, 0.29) is 24.9 Å². The van der Waals surface area contributed by atoms with Gasteiger partial charge >= 0.3 is 6.03 Å². The fourth-order valence-corrected chi connectivity index (χ4v) is 2.81. The van der Waals surface area contributed by atoms with Gasteiger partial charge in [-0.2, -0.15) is 0 Å². The van der Waals surface area contributed by atoms with Crippen molar-refractivity contribution in [1.29, 1.82) is 0 Å². The van der Waals surface area contributed by atoms with Crippen LogP contribution < -0.4 is 16.0 Å². The SMILES string of the molecule is CC(=O)Nc1cc(NC(=O)NCC(O)COC2CCCCC2)ccc1F. The van der Waals surface area contributed by atoms with E-state index in [1.165, 1.54) is 25.5 Å². The Labute approximate surface area is 152 Å². The van der Waals surface area contributed by atoms with Gasteiger partial charge in [-0.05, 0) is 31.0 Å². The fraction of sp³-hybridized carbons (Fsp3) is 0.556. The molecule has 144 valence electrons. The first kappa shape index (κ1) is 20.1. The smallest absolute Gasteiger partial charge is 0.319 e. The van der Waals surface area contributed by atoms with E-state index in [2.05, 4.69) is 16.0 Å². The number of benzene rings is 1. The average molecular weight is 367 g/mol. The van der Waals surface area contributed by atoms with Crippen LogP contribution in [0.3, 0.4) is 0 Å². The molecule has 26 heavy (non-hydrogen) atoms. The van der Waals surface area contributed by atoms with Gasteiger partial charge < -0.3 is 25.8 Å². The summed E-state index contributed by atoms with van der Waals surface area (Å²) in [6.07, 6.45) is 4.96. The van der Waals surface area contributed by atoms with Gasteiger partial charge in [0.1, 0.15) is 5.82 Å². The van der Waals surface area contributed by atoms with Gasteiger partial charge in [0.05, 0.1) is 24.5 Å². The van der Waals surface area contributed by atoms with Crippen LogP contribution in [0.1, 0.15) is 39.0 Å². The number of ether oxygens (including phenoxy) is 1. The van der Waals surface area contributed by atoms with E-state index in [4.69, 9.17) is 4.74 Å². The van der Waals surface area contributed by atoms with Crippen LogP contribution in [0.15, 0.2) is 18.2 Å². The minimum absolute atomic E-state index is 0.0174. The van der Waals surface area contributed by atoms with E-state index in [0.29, 0.717) is 5.69 Å². The molecule has 0 aliphatic heterocycles. The molecule has 0 aromatic heterocycles. The molecule has 1 aliphatic carbocycles. The number of aliphatic hydroxyl groups is 1. The molecular weight excluding hydrogens is 341 g/mol. The summed E-state index contributed by atoms with van der Waals surface area (Å²) >= 11 is 0. The van der Waals surface area contributed by atoms with E-state index >= 15 is 0 Å². The molecule has 1 fully saturated rings. The van der Waals surface area contributed by atoms with Crippen LogP contribution in [-0.4, -0.2) is 42.4 Å². The number of nitrogens with one attached hydrogen (secondary N) is 3. The molecule has 0 saturated heterocycles. The summed E-state index contributed by atoms with van der Waals surface area (Å²) in [7, 11) is 0. The highest BCUT2D eigenvalue weighted by Gasteiger charge is 2.16. The molecule has 0 bridgehead atoms. The third-order valence-electron chi connectivity index (χ3n) is 4.11. The third kappa shape index (κ3) is 6.97. The van der Waals surface area contributed by atoms with Gasteiger partial charge in [0, 0.05) is 19.2 Å². The van der Waals surface area contributed by atoms with Crippen LogP contribution >= 0.6 is 0 Å². The largest absolute Gasteiger partial charge is 0.389 e. The monoisotopic (exact) mass is 367 g/mol. The van der Waals surface area contributed by atoms with E-state index in [1.807, 2.05) is 0 Å². The Bertz CT molecular complexity index is 620. The van der Waals surface area contributed by atoms with Crippen molar-refractivity contribution in [2.24, 2.45) is 0 Å². The first-order valence-corrected chi connectivity index (χ1v) is 8.85. The summed E-state index contributed by atoms with van der Waals surface area (Å²) in [5, 5.41) is 17.3. The molecule has 1 unspecified atom stereocenters. The Kier molecular flexibility index (Phi) is 7.80. The number of carbonyl (C=O) groups excluding carboxylic acids is 2. The van der Waals surface area contributed by atoms with E-state index in [1.54, 1.807) is 0 Å². The lowest BCUT2D eigenvalue weighted by atomic mass is 9.98. The Morgan fingerprint density at radius 2 is 2.00 bits per heavy atom. The van der Waals surface area contributed by atoms with Gasteiger partial charge in [-0.1, -0.05) is 19.3 Å². The molecule has 0 radical (unpaired) electrons. The minimum atomic E-state index is -0.800. The number of rotatable bonds is 7. The number of amides is 3. The maximum absolute atomic E-state index is 13.6. The number of hydrogen-bond donors (Lipinski definition) is 4. The Morgan fingerprint density at radius 3 is 2.69 bits per heavy atom. The van der Waals surface area contributed by atoms with Crippen LogP contribution in [0.5, 0.6) is 0 Å². The summed E-state index contributed by atoms with van der Waals surface area (Å²) in [5.41, 5.74) is 0.303. The summed E-state index contributed by atoms with van der Waals surface area (Å²) in [6, 6.07) is 3.30. The molecule has 1 aromatic carbocycles. The number of aliphatic hydroxyl groups excluding tert-OH is 1. The summed E-state index contributed by atoms with van der Waals surface area (Å²) < 4.78 is 19.2. The fourth-order valence-electron chi connectivity index (χ4n) is 2.81. The Morgan fingerprint density at radius 1 is 1.27 bits per heavy atom. The molecule has 0 heterocycles. The molecule has 1 aliphatic rings. The van der Waals surface area contributed by atoms with Crippen molar-refractivity contribution in [2.45, 2.75) is 51.2 Å². The molecule has 1 saturated carbocycles. The zero-order valence-corrected chi connectivity index (χ0v) is 14.9. The first-order chi connectivity index (χ1) is 12.4. The van der Waals surface area contributed by atoms with Crippen LogP contribution in [0.4, 0.5) is 20.6 Å². The van der Waals surface area contributed by atoms with Gasteiger partial charge in [0.15, 0.2) is 0 Å². The number of carbonyl (C=O) groups is 2. The highest BCUT2D eigenvalue weighted by Crippen LogP contribution is 2.21. The van der Waals surface area contributed by atoms with Crippen LogP contribution in [0, 0.1) is 5.82 Å². The van der Waals surface area contributed by atoms with E-state index in [9.17, 15) is 19.1 Å². The van der Waals surface area contributed by atoms with Gasteiger partial charge in [-0.15, -0.1) is 0 Å². The maximum Gasteiger partial charge on any atom is 0.319 e. The average Bonchev–Trinajstić information content (AvgIpc) is 2.61. The van der Waals surface area contributed by atoms with Crippen molar-refractivity contribution >= 4 is 23.3 Å². The van der Waals surface area contributed by atoms with Crippen molar-refractivity contribution in [3.05, 3.63) is 24.0 Å². The van der Waals surface area contributed by atoms with Gasteiger partial charge in [-0.25, -0.2) is 9.18 Å². The number of anilines is 2. The molecule has 8 heteroatoms. The Hall–Kier alpha value is -2.19. The molecule has 7 nitrogen and oxygen atoms in total. The molecule has 0 spiro atoms. The standard InChI is InChI=1S/C18H26FN3O4/c1-12(23)21-17-9-13(7-8-16(17)19)22-18(25)20-10-14(24)11-26-15-5-3-2-4-6-15/h7-9,14-15,24H,2-6,10-11H2,1H3,(H,21,23)(H2,20,22,25). The second-order valence-electron chi connectivity index (χ2n) is 6.46. The van der Waals surface area contributed by atoms with Crippen molar-refractivity contribution in [3.63, 3.8) is 0 Å². The third-order valence-corrected chi connectivity index (χ3v) is 4.11. The van der Waals surface area contributed by atoms with Crippen molar-refractivity contribution in [1.82, 2.24) is 5.32 Å². The van der Waals surface area contributed by atoms with Gasteiger partial charge in [0.2, 0.25) is 5.91 Å². The summed E-state index contributed by atoms with van der Waals surface area (Å²) in [4.78, 5) is 22.9. The zero-order chi connectivity index (χ0) is 18.9. The zero-order valence-electron chi connectivity index (χ0n) is 14.9. The molecule has 2 rings (SSSR count). The topological polar surface area (TPSA) is 99.7 Å². The van der Waals surface area contributed by atoms with E-state index < -0.39 is 23.9 Å². The number of urea groups is 1. The lowest BCUT2D eigenvalue weighted by Gasteiger charge is -2.23. The quantitative estimate of drug-likeness (QED) is 0.595. The van der Waals surface area contributed by atoms with Crippen LogP contribution in [0.25, 0.3) is 0 Å². The summed E-state index contributed by atoms with van der Waals surface area (Å²) in [6.45, 7) is 1.48. The number of halogens is 1. The molecule has 1 aromatic rings. The predicted octanol–water partition coefficient (Wildman–Crippen LogP) is 2.62. The van der Waals surface area contributed by atoms with Crippen molar-refractivity contribution in [3.8, 4) is 0 Å². The highest BCUT2D eigenvalue weighted by molar-refractivity contribution is 5.92. The van der Waals surface area contributed by atoms with Crippen LogP contribution in [0.2, 0.25) is 0 Å². The predicted molar refractivity (Wildman–Crippen MR) is 96.6 cm³/mol. The van der Waals surface area contributed by atoms with Crippen LogP contribution in [-0.2, 0) is 9.53 Å². The highest BCUT2D eigenvalue weighted by atomic mass is 19.1. The second kappa shape index (κ2) is 10.1. The lowest BCUT2D eigenvalue weighted by Crippen LogP contribution is -2.38. The number of hydrogen-bond acceptors (Lipinski definition) is 4. The normalized spacial score (nSPS) is 16.0. The Balaban J connectivity index is 1.73. The van der Waals surface area contributed by atoms with Crippen molar-refractivity contribution < 1.29 is 23.8 Å². The maximum atomic E-state index is 13.6.